The molecule has 0 spiro atoms. The van der Waals surface area contributed by atoms with Crippen LogP contribution in [0.2, 0.25) is 0 Å². The molecule has 41 heavy (non-hydrogen) atoms. The zero-order chi connectivity index (χ0) is 29.5. The Labute approximate surface area is 241 Å². The average molecular weight is 584 g/mol. The summed E-state index contributed by atoms with van der Waals surface area (Å²) in [4.78, 5) is 53.1. The van der Waals surface area contributed by atoms with Gasteiger partial charge in [-0.15, -0.1) is 16.7 Å². The summed E-state index contributed by atoms with van der Waals surface area (Å²) in [7, 11) is 6.07. The van der Waals surface area contributed by atoms with Crippen LogP contribution in [0.4, 0.5) is 10.5 Å². The number of carbonyl (C=O) groups excluding carboxylic acids is 4. The predicted octanol–water partition coefficient (Wildman–Crippen LogP) is 2.06. The molecule has 0 saturated carbocycles. The van der Waals surface area contributed by atoms with E-state index in [4.69, 9.17) is 18.9 Å². The molecule has 1 atom stereocenters. The normalized spacial score (nSPS) is 15.9. The fourth-order valence-electron chi connectivity index (χ4n) is 4.36. The first kappa shape index (κ1) is 29.5. The minimum absolute atomic E-state index is 0.276. The first-order valence-corrected chi connectivity index (χ1v) is 13.5. The van der Waals surface area contributed by atoms with Gasteiger partial charge in [-0.3, -0.25) is 9.59 Å². The maximum atomic E-state index is 13.4. The molecule has 0 aliphatic carbocycles. The van der Waals surface area contributed by atoms with Crippen molar-refractivity contribution in [1.29, 1.82) is 0 Å². The molecule has 0 fully saturated rings. The van der Waals surface area contributed by atoms with Crippen molar-refractivity contribution in [3.63, 3.8) is 0 Å². The lowest BCUT2D eigenvalue weighted by Crippen LogP contribution is -2.58. The molecule has 2 aromatic rings. The van der Waals surface area contributed by atoms with Gasteiger partial charge in [-0.05, 0) is 35.6 Å². The van der Waals surface area contributed by atoms with Crippen molar-refractivity contribution in [2.24, 2.45) is 0 Å². The SMILES string of the molecule is COc1cc(NC(=O)C[N+]2=C3C=CSC3C(=O)N(CC(=O)NCCc3ccc(OC)c(OC)c3)C2=O)cc(OC)c1. The summed E-state index contributed by atoms with van der Waals surface area (Å²) in [6.07, 6.45) is 2.13. The number of nitrogens with one attached hydrogen (secondary N) is 2. The Kier molecular flexibility index (Phi) is 9.50. The number of nitrogens with zero attached hydrogens (tertiary/aromatic N) is 2. The number of benzene rings is 2. The molecular formula is C28H31N4O8S+. The summed E-state index contributed by atoms with van der Waals surface area (Å²) >= 11 is 1.21. The molecule has 5 amide bonds. The van der Waals surface area contributed by atoms with Crippen molar-refractivity contribution < 1.29 is 42.7 Å². The largest absolute Gasteiger partial charge is 0.501 e. The van der Waals surface area contributed by atoms with Crippen LogP contribution in [0.5, 0.6) is 23.0 Å². The number of urea groups is 1. The number of amides is 5. The first-order valence-electron chi connectivity index (χ1n) is 12.6. The van der Waals surface area contributed by atoms with Crippen LogP contribution in [0.3, 0.4) is 0 Å². The van der Waals surface area contributed by atoms with E-state index in [1.54, 1.807) is 50.0 Å². The van der Waals surface area contributed by atoms with Crippen LogP contribution in [0.15, 0.2) is 47.9 Å². The Bertz CT molecular complexity index is 1400. The molecule has 0 bridgehead atoms. The third kappa shape index (κ3) is 6.80. The Morgan fingerprint density at radius 1 is 0.927 bits per heavy atom. The van der Waals surface area contributed by atoms with Gasteiger partial charge in [-0.1, -0.05) is 6.07 Å². The number of hydrogen-bond acceptors (Lipinski definition) is 9. The Balaban J connectivity index is 1.40. The molecular weight excluding hydrogens is 552 g/mol. The Morgan fingerprint density at radius 3 is 2.29 bits per heavy atom. The summed E-state index contributed by atoms with van der Waals surface area (Å²) < 4.78 is 22.2. The van der Waals surface area contributed by atoms with Crippen LogP contribution in [-0.2, 0) is 20.8 Å². The van der Waals surface area contributed by atoms with Crippen molar-refractivity contribution in [1.82, 2.24) is 10.2 Å². The topological polar surface area (TPSA) is 136 Å². The van der Waals surface area contributed by atoms with Gasteiger partial charge in [0.15, 0.2) is 29.8 Å². The van der Waals surface area contributed by atoms with Gasteiger partial charge in [0.25, 0.3) is 11.8 Å². The number of carbonyl (C=O) groups is 4. The number of allylic oxidation sites excluding steroid dienone is 1. The molecule has 13 heteroatoms. The molecule has 2 heterocycles. The third-order valence-electron chi connectivity index (χ3n) is 6.41. The second kappa shape index (κ2) is 13.2. The van der Waals surface area contributed by atoms with Crippen molar-refractivity contribution in [3.05, 3.63) is 53.4 Å². The maximum absolute atomic E-state index is 13.4. The highest BCUT2D eigenvalue weighted by molar-refractivity contribution is 8.04. The molecule has 2 N–H and O–H groups in total. The lowest BCUT2D eigenvalue weighted by molar-refractivity contribution is -0.425. The molecule has 4 rings (SSSR count). The highest BCUT2D eigenvalue weighted by atomic mass is 32.2. The number of fused-ring (bicyclic) bond motifs is 1. The van der Waals surface area contributed by atoms with E-state index in [9.17, 15) is 19.2 Å². The lowest BCUT2D eigenvalue weighted by atomic mass is 10.1. The van der Waals surface area contributed by atoms with Gasteiger partial charge >= 0.3 is 11.9 Å². The molecule has 0 radical (unpaired) electrons. The Morgan fingerprint density at radius 2 is 1.63 bits per heavy atom. The van der Waals surface area contributed by atoms with Crippen molar-refractivity contribution in [2.75, 3.05) is 53.4 Å². The molecule has 2 aliphatic heterocycles. The van der Waals surface area contributed by atoms with Crippen LogP contribution >= 0.6 is 11.8 Å². The highest BCUT2D eigenvalue weighted by Crippen LogP contribution is 2.29. The fourth-order valence-corrected chi connectivity index (χ4v) is 5.33. The van der Waals surface area contributed by atoms with Crippen LogP contribution in [0.1, 0.15) is 5.56 Å². The van der Waals surface area contributed by atoms with E-state index in [2.05, 4.69) is 10.6 Å². The quantitative estimate of drug-likeness (QED) is 0.360. The number of ether oxygens (including phenoxy) is 4. The number of rotatable bonds is 12. The second-order valence-corrected chi connectivity index (χ2v) is 9.99. The zero-order valence-electron chi connectivity index (χ0n) is 23.1. The van der Waals surface area contributed by atoms with Crippen LogP contribution < -0.4 is 29.6 Å². The predicted molar refractivity (Wildman–Crippen MR) is 152 cm³/mol. The van der Waals surface area contributed by atoms with Gasteiger partial charge in [-0.25, -0.2) is 4.79 Å². The van der Waals surface area contributed by atoms with E-state index < -0.39 is 35.5 Å². The number of thioether (sulfide) groups is 1. The minimum Gasteiger partial charge on any atom is -0.497 e. The monoisotopic (exact) mass is 583 g/mol. The Hall–Kier alpha value is -4.52. The fraction of sp³-hybridized carbons (Fsp3) is 0.321. The molecule has 2 aromatic carbocycles. The van der Waals surface area contributed by atoms with Crippen LogP contribution in [-0.4, -0.2) is 92.3 Å². The standard InChI is InChI=1S/C28H30N4O8S/c1-37-19-12-18(13-20(14-19)38-2)30-25(34)16-31-21-8-10-41-26(21)27(35)32(28(31)36)15-24(33)29-9-7-17-5-6-22(39-3)23(11-17)40-4/h5-6,8,10-14,26H,7,9,15-16H2,1-4H3,(H-,29,30,33,34)/p+1. The van der Waals surface area contributed by atoms with E-state index in [0.29, 0.717) is 40.8 Å². The molecule has 216 valence electrons. The number of anilines is 1. The van der Waals surface area contributed by atoms with E-state index in [1.807, 2.05) is 12.1 Å². The molecule has 0 saturated heterocycles. The molecule has 0 aromatic heterocycles. The van der Waals surface area contributed by atoms with Gasteiger partial charge in [0, 0.05) is 30.4 Å². The van der Waals surface area contributed by atoms with Gasteiger partial charge < -0.3 is 29.6 Å². The minimum atomic E-state index is -0.748. The van der Waals surface area contributed by atoms with E-state index in [0.717, 1.165) is 10.5 Å². The van der Waals surface area contributed by atoms with Gasteiger partial charge in [-0.2, -0.15) is 9.37 Å². The van der Waals surface area contributed by atoms with Crippen molar-refractivity contribution in [3.8, 4) is 23.0 Å². The van der Waals surface area contributed by atoms with E-state index in [1.165, 1.54) is 30.6 Å². The smallest absolute Gasteiger partial charge is 0.497 e. The molecule has 12 nitrogen and oxygen atoms in total. The maximum Gasteiger partial charge on any atom is 0.501 e. The highest BCUT2D eigenvalue weighted by Gasteiger charge is 2.50. The molecule has 2 aliphatic rings. The van der Waals surface area contributed by atoms with Gasteiger partial charge in [0.2, 0.25) is 0 Å². The van der Waals surface area contributed by atoms with Gasteiger partial charge in [0.05, 0.1) is 28.4 Å². The summed E-state index contributed by atoms with van der Waals surface area (Å²) in [6, 6.07) is 9.59. The third-order valence-corrected chi connectivity index (χ3v) is 7.42. The summed E-state index contributed by atoms with van der Waals surface area (Å²) in [5.41, 5.74) is 1.72. The number of imide groups is 1. The van der Waals surface area contributed by atoms with Crippen LogP contribution in [0, 0.1) is 0 Å². The zero-order valence-corrected chi connectivity index (χ0v) is 23.9. The first-order chi connectivity index (χ1) is 19.8. The van der Waals surface area contributed by atoms with Crippen molar-refractivity contribution >= 4 is 46.9 Å². The molecule has 1 unspecified atom stereocenters. The van der Waals surface area contributed by atoms with Gasteiger partial charge in [0.1, 0.15) is 17.2 Å². The lowest BCUT2D eigenvalue weighted by Gasteiger charge is -2.23. The van der Waals surface area contributed by atoms with Crippen molar-refractivity contribution in [2.45, 2.75) is 11.7 Å². The summed E-state index contributed by atoms with van der Waals surface area (Å²) in [6.45, 7) is -0.559. The number of methoxy groups -OCH3 is 4. The second-order valence-electron chi connectivity index (χ2n) is 8.98. The van der Waals surface area contributed by atoms with E-state index in [-0.39, 0.29) is 13.1 Å². The number of hydrogen-bond donors (Lipinski definition) is 2. The summed E-state index contributed by atoms with van der Waals surface area (Å²) in [5.74, 6) is 0.617. The van der Waals surface area contributed by atoms with E-state index >= 15 is 0 Å². The summed E-state index contributed by atoms with van der Waals surface area (Å²) in [5, 5.41) is 6.44. The average Bonchev–Trinajstić information content (AvgIpc) is 3.47. The van der Waals surface area contributed by atoms with Crippen LogP contribution in [0.25, 0.3) is 0 Å².